The average Bonchev–Trinajstić information content (AvgIpc) is 2.94. The molecule has 2 bridgehead atoms. The van der Waals surface area contributed by atoms with Crippen molar-refractivity contribution in [1.82, 2.24) is 16.0 Å². The first-order valence-corrected chi connectivity index (χ1v) is 7.76. The van der Waals surface area contributed by atoms with Gasteiger partial charge in [0.15, 0.2) is 0 Å². The van der Waals surface area contributed by atoms with Gasteiger partial charge in [-0.3, -0.25) is 4.79 Å². The summed E-state index contributed by atoms with van der Waals surface area (Å²) in [7, 11) is 0. The molecule has 1 aromatic carbocycles. The molecule has 2 aliphatic heterocycles. The summed E-state index contributed by atoms with van der Waals surface area (Å²) in [4.78, 5) is 12.0. The minimum atomic E-state index is 0. The number of benzene rings is 1. The first-order valence-electron chi connectivity index (χ1n) is 7.76. The zero-order valence-electron chi connectivity index (χ0n) is 13.0. The molecule has 2 heterocycles. The van der Waals surface area contributed by atoms with E-state index in [4.69, 9.17) is 4.74 Å². The molecule has 1 fully saturated rings. The number of amides is 1. The number of carbonyl (C=O) groups excluding carboxylic acids is 1. The second kappa shape index (κ2) is 9.98. The molecule has 0 unspecified atom stereocenters. The van der Waals surface area contributed by atoms with E-state index in [2.05, 4.69) is 28.1 Å². The van der Waals surface area contributed by atoms with Gasteiger partial charge in [0.2, 0.25) is 5.91 Å². The number of ether oxygens (including phenoxy) is 1. The molecule has 0 aromatic heterocycles. The fraction of sp³-hybridized carbons (Fsp3) is 0.562. The van der Waals surface area contributed by atoms with Crippen molar-refractivity contribution in [3.05, 3.63) is 29.8 Å². The van der Waals surface area contributed by atoms with E-state index in [1.54, 1.807) is 0 Å². The van der Waals surface area contributed by atoms with Gasteiger partial charge in [0.1, 0.15) is 5.75 Å². The molecule has 0 spiro atoms. The van der Waals surface area contributed by atoms with Gasteiger partial charge < -0.3 is 20.7 Å². The van der Waals surface area contributed by atoms with E-state index in [0.29, 0.717) is 12.5 Å². The summed E-state index contributed by atoms with van der Waals surface area (Å²) < 4.78 is 5.83. The largest absolute Gasteiger partial charge is 0.494 e. The number of carbonyl (C=O) groups is 1. The highest BCUT2D eigenvalue weighted by molar-refractivity contribution is 5.85. The highest BCUT2D eigenvalue weighted by atomic mass is 35.5. The predicted octanol–water partition coefficient (Wildman–Crippen LogP) is 1.46. The van der Waals surface area contributed by atoms with Gasteiger partial charge in [-0.05, 0) is 37.1 Å². The Morgan fingerprint density at radius 2 is 1.96 bits per heavy atom. The van der Waals surface area contributed by atoms with Gasteiger partial charge in [0, 0.05) is 25.0 Å². The lowest BCUT2D eigenvalue weighted by Gasteiger charge is -2.21. The monoisotopic (exact) mass is 361 g/mol. The van der Waals surface area contributed by atoms with Crippen LogP contribution in [-0.2, 0) is 4.79 Å². The molecule has 3 N–H and O–H groups in total. The van der Waals surface area contributed by atoms with Gasteiger partial charge >= 0.3 is 0 Å². The Hall–Kier alpha value is -1.01. The lowest BCUT2D eigenvalue weighted by atomic mass is 9.94. The van der Waals surface area contributed by atoms with Crippen molar-refractivity contribution < 1.29 is 9.53 Å². The number of rotatable bonds is 0. The summed E-state index contributed by atoms with van der Waals surface area (Å²) in [6.45, 7) is 3.68. The maximum Gasteiger partial charge on any atom is 0.234 e. The number of hydrogen-bond donors (Lipinski definition) is 3. The molecule has 0 saturated carbocycles. The summed E-state index contributed by atoms with van der Waals surface area (Å²) in [6.07, 6.45) is 2.01. The molecule has 0 radical (unpaired) electrons. The van der Waals surface area contributed by atoms with Gasteiger partial charge in [0.25, 0.3) is 0 Å². The molecule has 2 aliphatic rings. The molecule has 1 saturated heterocycles. The van der Waals surface area contributed by atoms with Crippen LogP contribution in [0.1, 0.15) is 24.3 Å². The second-order valence-electron chi connectivity index (χ2n) is 5.74. The van der Waals surface area contributed by atoms with E-state index in [1.165, 1.54) is 5.56 Å². The van der Waals surface area contributed by atoms with E-state index in [9.17, 15) is 4.79 Å². The van der Waals surface area contributed by atoms with E-state index >= 15 is 0 Å². The molecule has 3 rings (SSSR count). The van der Waals surface area contributed by atoms with Gasteiger partial charge in [-0.2, -0.15) is 0 Å². The SMILES string of the molecule is Cl.Cl.O=C1CNCCCCOc2cccc(c2)[C@H]2CNC[C@@H]2N1. The van der Waals surface area contributed by atoms with Crippen molar-refractivity contribution in [3.63, 3.8) is 0 Å². The Kier molecular flexibility index (Phi) is 8.69. The molecular weight excluding hydrogens is 337 g/mol. The highest BCUT2D eigenvalue weighted by Crippen LogP contribution is 2.26. The Morgan fingerprint density at radius 1 is 1.09 bits per heavy atom. The van der Waals surface area contributed by atoms with Gasteiger partial charge in [-0.1, -0.05) is 12.1 Å². The minimum absolute atomic E-state index is 0. The third kappa shape index (κ3) is 5.53. The van der Waals surface area contributed by atoms with Crippen molar-refractivity contribution in [2.24, 2.45) is 0 Å². The summed E-state index contributed by atoms with van der Waals surface area (Å²) in [6, 6.07) is 8.42. The van der Waals surface area contributed by atoms with Crippen LogP contribution in [0.5, 0.6) is 5.75 Å². The van der Waals surface area contributed by atoms with Crippen LogP contribution in [0, 0.1) is 0 Å². The third-order valence-corrected chi connectivity index (χ3v) is 4.15. The van der Waals surface area contributed by atoms with Gasteiger partial charge in [0.05, 0.1) is 13.2 Å². The van der Waals surface area contributed by atoms with E-state index < -0.39 is 0 Å². The smallest absolute Gasteiger partial charge is 0.234 e. The quantitative estimate of drug-likeness (QED) is 0.654. The molecule has 130 valence electrons. The summed E-state index contributed by atoms with van der Waals surface area (Å²) in [5, 5.41) is 9.70. The topological polar surface area (TPSA) is 62.4 Å². The van der Waals surface area contributed by atoms with Crippen LogP contribution in [0.2, 0.25) is 0 Å². The molecule has 1 amide bonds. The second-order valence-corrected chi connectivity index (χ2v) is 5.74. The van der Waals surface area contributed by atoms with Crippen LogP contribution < -0.4 is 20.7 Å². The third-order valence-electron chi connectivity index (χ3n) is 4.15. The van der Waals surface area contributed by atoms with Crippen LogP contribution in [0.15, 0.2) is 24.3 Å². The molecular formula is C16H25Cl2N3O2. The van der Waals surface area contributed by atoms with Crippen LogP contribution in [0.3, 0.4) is 0 Å². The van der Waals surface area contributed by atoms with Crippen LogP contribution in [-0.4, -0.2) is 44.7 Å². The zero-order chi connectivity index (χ0) is 14.5. The van der Waals surface area contributed by atoms with Gasteiger partial charge in [-0.15, -0.1) is 24.8 Å². The van der Waals surface area contributed by atoms with Crippen molar-refractivity contribution in [1.29, 1.82) is 0 Å². The Labute approximate surface area is 149 Å². The number of halogens is 2. The molecule has 5 nitrogen and oxygen atoms in total. The number of fused-ring (bicyclic) bond motifs is 4. The number of hydrogen-bond acceptors (Lipinski definition) is 4. The maximum atomic E-state index is 12.0. The molecule has 2 atom stereocenters. The van der Waals surface area contributed by atoms with E-state index in [-0.39, 0.29) is 36.8 Å². The number of nitrogens with one attached hydrogen (secondary N) is 3. The van der Waals surface area contributed by atoms with Crippen LogP contribution >= 0.6 is 24.8 Å². The standard InChI is InChI=1S/C16H23N3O2.2ClH/c20-16-11-17-6-1-2-7-21-13-5-3-4-12(8-13)14-9-18-10-15(14)19-16;;/h3-5,8,14-15,17-18H,1-2,6-7,9-11H2,(H,19,20);2*1H/t14-,15+;;/m1../s1. The Bertz CT molecular complexity index is 502. The first-order chi connectivity index (χ1) is 10.3. The van der Waals surface area contributed by atoms with Crippen molar-refractivity contribution in [2.45, 2.75) is 24.8 Å². The fourth-order valence-corrected chi connectivity index (χ4v) is 3.02. The predicted molar refractivity (Wildman–Crippen MR) is 96.1 cm³/mol. The Morgan fingerprint density at radius 3 is 2.83 bits per heavy atom. The van der Waals surface area contributed by atoms with E-state index in [0.717, 1.165) is 44.8 Å². The highest BCUT2D eigenvalue weighted by Gasteiger charge is 2.29. The first kappa shape index (κ1) is 20.0. The normalized spacial score (nSPS) is 24.8. The molecule has 7 heteroatoms. The molecule has 1 aromatic rings. The van der Waals surface area contributed by atoms with Gasteiger partial charge in [-0.25, -0.2) is 0 Å². The average molecular weight is 362 g/mol. The Balaban J connectivity index is 0.00000132. The minimum Gasteiger partial charge on any atom is -0.494 e. The van der Waals surface area contributed by atoms with Crippen LogP contribution in [0.4, 0.5) is 0 Å². The molecule has 0 aliphatic carbocycles. The van der Waals surface area contributed by atoms with Crippen LogP contribution in [0.25, 0.3) is 0 Å². The van der Waals surface area contributed by atoms with Crippen molar-refractivity contribution in [2.75, 3.05) is 32.8 Å². The summed E-state index contributed by atoms with van der Waals surface area (Å²) in [5.41, 5.74) is 1.23. The fourth-order valence-electron chi connectivity index (χ4n) is 3.02. The van der Waals surface area contributed by atoms with E-state index in [1.807, 2.05) is 12.1 Å². The summed E-state index contributed by atoms with van der Waals surface area (Å²) in [5.74, 6) is 1.31. The maximum absolute atomic E-state index is 12.0. The summed E-state index contributed by atoms with van der Waals surface area (Å²) >= 11 is 0. The van der Waals surface area contributed by atoms with Crippen molar-refractivity contribution >= 4 is 30.7 Å². The lowest BCUT2D eigenvalue weighted by molar-refractivity contribution is -0.120. The van der Waals surface area contributed by atoms with Crippen molar-refractivity contribution in [3.8, 4) is 5.75 Å². The lowest BCUT2D eigenvalue weighted by Crippen LogP contribution is -2.43. The molecule has 23 heavy (non-hydrogen) atoms. The zero-order valence-corrected chi connectivity index (χ0v) is 14.7.